The van der Waals surface area contributed by atoms with Gasteiger partial charge in [-0.05, 0) is 12.1 Å². The molecule has 110 valence electrons. The van der Waals surface area contributed by atoms with Crippen molar-refractivity contribution in [1.29, 1.82) is 0 Å². The van der Waals surface area contributed by atoms with Crippen LogP contribution in [0.5, 0.6) is 0 Å². The van der Waals surface area contributed by atoms with Crippen LogP contribution in [0.1, 0.15) is 15.9 Å². The molecule has 1 aromatic heterocycles. The lowest BCUT2D eigenvalue weighted by Gasteiger charge is -2.10. The number of halogens is 2. The van der Waals surface area contributed by atoms with Crippen molar-refractivity contribution >= 4 is 29.0 Å². The SMILES string of the molecule is O=C(c1ccccc1)c1cc(Cl)ccc1-c1cnnn1CCl. The molecule has 0 bridgehead atoms. The molecule has 0 amide bonds. The molecular weight excluding hydrogens is 321 g/mol. The molecule has 4 nitrogen and oxygen atoms in total. The monoisotopic (exact) mass is 331 g/mol. The molecule has 1 heterocycles. The molecule has 0 saturated carbocycles. The fourth-order valence-corrected chi connectivity index (χ4v) is 2.58. The van der Waals surface area contributed by atoms with Crippen molar-refractivity contribution in [1.82, 2.24) is 15.0 Å². The molecule has 6 heteroatoms. The van der Waals surface area contributed by atoms with Crippen LogP contribution in [0, 0.1) is 0 Å². The lowest BCUT2D eigenvalue weighted by Crippen LogP contribution is -2.06. The normalized spacial score (nSPS) is 10.6. The summed E-state index contributed by atoms with van der Waals surface area (Å²) in [5.41, 5.74) is 2.46. The highest BCUT2D eigenvalue weighted by Gasteiger charge is 2.18. The standard InChI is InChI=1S/C16H11Cl2N3O/c17-10-21-15(9-19-20-21)13-7-6-12(18)8-14(13)16(22)11-4-2-1-3-5-11/h1-9H,10H2. The van der Waals surface area contributed by atoms with Gasteiger partial charge in [-0.1, -0.05) is 53.2 Å². The molecule has 0 fully saturated rings. The van der Waals surface area contributed by atoms with E-state index in [0.29, 0.717) is 27.4 Å². The van der Waals surface area contributed by atoms with E-state index in [1.165, 1.54) is 4.68 Å². The third-order valence-electron chi connectivity index (χ3n) is 3.27. The van der Waals surface area contributed by atoms with Crippen molar-refractivity contribution in [2.24, 2.45) is 0 Å². The van der Waals surface area contributed by atoms with E-state index in [-0.39, 0.29) is 11.8 Å². The van der Waals surface area contributed by atoms with E-state index >= 15 is 0 Å². The molecule has 0 unspecified atom stereocenters. The van der Waals surface area contributed by atoms with Gasteiger partial charge < -0.3 is 0 Å². The summed E-state index contributed by atoms with van der Waals surface area (Å²) < 4.78 is 1.52. The zero-order valence-electron chi connectivity index (χ0n) is 11.4. The number of nitrogens with zero attached hydrogens (tertiary/aromatic N) is 3. The van der Waals surface area contributed by atoms with Crippen LogP contribution in [0.25, 0.3) is 11.3 Å². The first-order chi connectivity index (χ1) is 10.7. The average molecular weight is 332 g/mol. The van der Waals surface area contributed by atoms with Gasteiger partial charge in [0, 0.05) is 21.7 Å². The van der Waals surface area contributed by atoms with E-state index in [1.54, 1.807) is 36.5 Å². The third kappa shape index (κ3) is 2.75. The molecule has 3 aromatic rings. The fourth-order valence-electron chi connectivity index (χ4n) is 2.23. The summed E-state index contributed by atoms with van der Waals surface area (Å²) in [6.45, 7) is 0. The Bertz CT molecular complexity index is 815. The number of carbonyl (C=O) groups is 1. The van der Waals surface area contributed by atoms with E-state index in [4.69, 9.17) is 23.2 Å². The Balaban J connectivity index is 2.15. The predicted molar refractivity (Wildman–Crippen MR) is 86.2 cm³/mol. The molecule has 2 aromatic carbocycles. The summed E-state index contributed by atoms with van der Waals surface area (Å²) in [6.07, 6.45) is 1.58. The minimum absolute atomic E-state index is 0.111. The highest BCUT2D eigenvalue weighted by atomic mass is 35.5. The van der Waals surface area contributed by atoms with Gasteiger partial charge in [0.25, 0.3) is 0 Å². The van der Waals surface area contributed by atoms with Crippen molar-refractivity contribution in [3.8, 4) is 11.3 Å². The van der Waals surface area contributed by atoms with E-state index in [9.17, 15) is 4.79 Å². The molecule has 0 aliphatic heterocycles. The summed E-state index contributed by atoms with van der Waals surface area (Å²) in [5, 5.41) is 8.24. The number of ketones is 1. The molecule has 22 heavy (non-hydrogen) atoms. The van der Waals surface area contributed by atoms with Crippen molar-refractivity contribution in [2.45, 2.75) is 6.00 Å². The highest BCUT2D eigenvalue weighted by Crippen LogP contribution is 2.28. The first-order valence-electron chi connectivity index (χ1n) is 6.55. The van der Waals surface area contributed by atoms with E-state index in [1.807, 2.05) is 18.2 Å². The summed E-state index contributed by atoms with van der Waals surface area (Å²) >= 11 is 11.9. The van der Waals surface area contributed by atoms with Crippen LogP contribution in [0.4, 0.5) is 0 Å². The van der Waals surface area contributed by atoms with Crippen LogP contribution in [0.15, 0.2) is 54.7 Å². The number of benzene rings is 2. The smallest absolute Gasteiger partial charge is 0.193 e. The Labute approximate surface area is 137 Å². The summed E-state index contributed by atoms with van der Waals surface area (Å²) in [7, 11) is 0. The quantitative estimate of drug-likeness (QED) is 0.535. The van der Waals surface area contributed by atoms with Crippen LogP contribution in [-0.4, -0.2) is 20.8 Å². The third-order valence-corrected chi connectivity index (χ3v) is 3.73. The van der Waals surface area contributed by atoms with Crippen LogP contribution in [-0.2, 0) is 6.00 Å². The Kier molecular flexibility index (Phi) is 4.22. The lowest BCUT2D eigenvalue weighted by molar-refractivity contribution is 0.103. The first-order valence-corrected chi connectivity index (χ1v) is 7.46. The van der Waals surface area contributed by atoms with E-state index in [0.717, 1.165) is 0 Å². The largest absolute Gasteiger partial charge is 0.289 e. The van der Waals surface area contributed by atoms with Crippen LogP contribution < -0.4 is 0 Å². The van der Waals surface area contributed by atoms with Crippen molar-refractivity contribution in [3.05, 3.63) is 70.9 Å². The molecule has 0 atom stereocenters. The number of carbonyl (C=O) groups excluding carboxylic acids is 1. The molecule has 0 aliphatic rings. The van der Waals surface area contributed by atoms with Gasteiger partial charge in [0.2, 0.25) is 0 Å². The Morgan fingerprint density at radius 1 is 1.14 bits per heavy atom. The molecule has 0 saturated heterocycles. The Hall–Kier alpha value is -2.17. The van der Waals surface area contributed by atoms with E-state index < -0.39 is 0 Å². The molecule has 0 radical (unpaired) electrons. The van der Waals surface area contributed by atoms with Gasteiger partial charge in [-0.25, -0.2) is 4.68 Å². The fraction of sp³-hybridized carbons (Fsp3) is 0.0625. The van der Waals surface area contributed by atoms with Crippen molar-refractivity contribution < 1.29 is 4.79 Å². The summed E-state index contributed by atoms with van der Waals surface area (Å²) in [5.74, 6) is -0.111. The van der Waals surface area contributed by atoms with Crippen LogP contribution in [0.2, 0.25) is 5.02 Å². The maximum absolute atomic E-state index is 12.8. The highest BCUT2D eigenvalue weighted by molar-refractivity contribution is 6.31. The molecule has 0 spiro atoms. The molecule has 0 N–H and O–H groups in total. The Morgan fingerprint density at radius 2 is 1.91 bits per heavy atom. The number of hydrogen-bond donors (Lipinski definition) is 0. The van der Waals surface area contributed by atoms with Crippen LogP contribution in [0.3, 0.4) is 0 Å². The number of rotatable bonds is 4. The van der Waals surface area contributed by atoms with Gasteiger partial charge in [0.15, 0.2) is 5.78 Å². The van der Waals surface area contributed by atoms with Crippen molar-refractivity contribution in [3.63, 3.8) is 0 Å². The number of hydrogen-bond acceptors (Lipinski definition) is 3. The minimum atomic E-state index is -0.111. The maximum Gasteiger partial charge on any atom is 0.193 e. The zero-order chi connectivity index (χ0) is 15.5. The topological polar surface area (TPSA) is 47.8 Å². The average Bonchev–Trinajstić information content (AvgIpc) is 3.03. The minimum Gasteiger partial charge on any atom is -0.289 e. The van der Waals surface area contributed by atoms with Gasteiger partial charge in [-0.15, -0.1) is 16.7 Å². The second-order valence-electron chi connectivity index (χ2n) is 4.62. The van der Waals surface area contributed by atoms with Gasteiger partial charge in [-0.2, -0.15) is 0 Å². The maximum atomic E-state index is 12.8. The molecule has 0 aliphatic carbocycles. The lowest BCUT2D eigenvalue weighted by atomic mass is 9.97. The summed E-state index contributed by atoms with van der Waals surface area (Å²) in [4.78, 5) is 12.8. The first kappa shape index (κ1) is 14.8. The predicted octanol–water partition coefficient (Wildman–Crippen LogP) is 4.03. The molecule has 3 rings (SSSR count). The summed E-state index contributed by atoms with van der Waals surface area (Å²) in [6, 6.07) is 14.3. The number of aromatic nitrogens is 3. The zero-order valence-corrected chi connectivity index (χ0v) is 12.9. The van der Waals surface area contributed by atoms with Gasteiger partial charge in [-0.3, -0.25) is 4.79 Å². The second-order valence-corrected chi connectivity index (χ2v) is 5.30. The van der Waals surface area contributed by atoms with Gasteiger partial charge in [0.05, 0.1) is 11.9 Å². The van der Waals surface area contributed by atoms with Crippen molar-refractivity contribution in [2.75, 3.05) is 0 Å². The van der Waals surface area contributed by atoms with E-state index in [2.05, 4.69) is 10.3 Å². The number of alkyl halides is 1. The molecular formula is C16H11Cl2N3O. The van der Waals surface area contributed by atoms with Gasteiger partial charge in [0.1, 0.15) is 6.00 Å². The Morgan fingerprint density at radius 3 is 2.64 bits per heavy atom. The second kappa shape index (κ2) is 6.30. The van der Waals surface area contributed by atoms with Gasteiger partial charge >= 0.3 is 0 Å². The van der Waals surface area contributed by atoms with Crippen LogP contribution >= 0.6 is 23.2 Å².